The maximum absolute atomic E-state index is 12.2. The van der Waals surface area contributed by atoms with Crippen molar-refractivity contribution >= 4 is 30.3 Å². The molecule has 0 unspecified atom stereocenters. The van der Waals surface area contributed by atoms with E-state index in [1.165, 1.54) is 18.2 Å². The molecule has 0 aromatic carbocycles. The van der Waals surface area contributed by atoms with Gasteiger partial charge in [-0.25, -0.2) is 44.3 Å². The fourth-order valence-electron chi connectivity index (χ4n) is 2.29. The predicted octanol–water partition coefficient (Wildman–Crippen LogP) is 1.75. The first-order chi connectivity index (χ1) is 13.7. The van der Waals surface area contributed by atoms with Crippen molar-refractivity contribution in [3.63, 3.8) is 0 Å². The van der Waals surface area contributed by atoms with Gasteiger partial charge in [0.25, 0.3) is 6.08 Å². The Morgan fingerprint density at radius 3 is 1.86 bits per heavy atom. The van der Waals surface area contributed by atoms with Crippen molar-refractivity contribution in [2.75, 3.05) is 26.2 Å². The molecule has 2 N–H and O–H groups in total. The molecule has 154 valence electrons. The number of carbonyl (C=O) groups is 2. The van der Waals surface area contributed by atoms with Gasteiger partial charge in [0.1, 0.15) is 0 Å². The molecule has 0 aliphatic heterocycles. The lowest BCUT2D eigenvalue weighted by Gasteiger charge is -2.20. The first-order valence-corrected chi connectivity index (χ1v) is 9.16. The standard InChI is InChI=1S/C17H26N6O5/c24-13-18-9-5-1-2-7-11-20-16(27)23(17(28)22-21-15-26)12-8-4-3-6-10-19-14-25/h1-12H2,(H,20,27)(H,22,28). The third kappa shape index (κ3) is 14.1. The van der Waals surface area contributed by atoms with Gasteiger partial charge in [-0.1, -0.05) is 30.8 Å². The molecule has 0 atom stereocenters. The lowest BCUT2D eigenvalue weighted by molar-refractivity contribution is 0.184. The van der Waals surface area contributed by atoms with E-state index < -0.39 is 12.1 Å². The van der Waals surface area contributed by atoms with Crippen LogP contribution in [0.3, 0.4) is 0 Å². The van der Waals surface area contributed by atoms with Gasteiger partial charge in [0.2, 0.25) is 12.2 Å². The molecule has 0 bridgehead atoms. The van der Waals surface area contributed by atoms with Crippen LogP contribution in [0.1, 0.15) is 51.4 Å². The number of nitrogens with one attached hydrogen (secondary N) is 2. The normalized spacial score (nSPS) is 9.29. The molecule has 0 fully saturated rings. The Hall–Kier alpha value is -3.12. The van der Waals surface area contributed by atoms with Crippen molar-refractivity contribution in [3.8, 4) is 0 Å². The third-order valence-corrected chi connectivity index (χ3v) is 3.69. The number of hydrogen-bond donors (Lipinski definition) is 2. The van der Waals surface area contributed by atoms with Crippen LogP contribution in [0.2, 0.25) is 0 Å². The molecule has 0 rings (SSSR count). The quantitative estimate of drug-likeness (QED) is 0.188. The van der Waals surface area contributed by atoms with Gasteiger partial charge in [0.05, 0.1) is 13.1 Å². The Morgan fingerprint density at radius 1 is 0.714 bits per heavy atom. The van der Waals surface area contributed by atoms with E-state index in [0.717, 1.165) is 49.8 Å². The van der Waals surface area contributed by atoms with Crippen LogP contribution in [0, 0.1) is 0 Å². The van der Waals surface area contributed by atoms with Crippen molar-refractivity contribution < 1.29 is 24.0 Å². The maximum atomic E-state index is 12.2. The third-order valence-electron chi connectivity index (χ3n) is 3.69. The number of urea groups is 2. The van der Waals surface area contributed by atoms with Gasteiger partial charge in [-0.2, -0.15) is 0 Å². The second-order valence-corrected chi connectivity index (χ2v) is 5.78. The van der Waals surface area contributed by atoms with Gasteiger partial charge in [-0.3, -0.25) is 0 Å². The largest absolute Gasteiger partial charge is 0.346 e. The number of aliphatic imine (C=N–C) groups is 2. The molecule has 0 aromatic heterocycles. The minimum atomic E-state index is -0.807. The number of unbranched alkanes of at least 4 members (excludes halogenated alkanes) is 6. The lowest BCUT2D eigenvalue weighted by atomic mass is 10.2. The molecule has 0 saturated heterocycles. The highest BCUT2D eigenvalue weighted by atomic mass is 16.2. The summed E-state index contributed by atoms with van der Waals surface area (Å²) in [5, 5.41) is 5.64. The second kappa shape index (κ2) is 18.7. The molecule has 11 heteroatoms. The van der Waals surface area contributed by atoms with E-state index >= 15 is 0 Å². The average molecular weight is 394 g/mol. The van der Waals surface area contributed by atoms with Gasteiger partial charge in [0, 0.05) is 13.1 Å². The summed E-state index contributed by atoms with van der Waals surface area (Å²) in [6.07, 6.45) is 10.2. The maximum Gasteiger partial charge on any atom is 0.346 e. The Kier molecular flexibility index (Phi) is 16.6. The molecule has 0 aromatic rings. The summed E-state index contributed by atoms with van der Waals surface area (Å²) >= 11 is 0. The summed E-state index contributed by atoms with van der Waals surface area (Å²) in [6.45, 7) is 1.40. The highest BCUT2D eigenvalue weighted by molar-refractivity contribution is 5.93. The van der Waals surface area contributed by atoms with Gasteiger partial charge < -0.3 is 5.32 Å². The fraction of sp³-hybridized carbons (Fsp3) is 0.706. The van der Waals surface area contributed by atoms with E-state index in [1.54, 1.807) is 0 Å². The molecule has 0 heterocycles. The van der Waals surface area contributed by atoms with Gasteiger partial charge in [-0.05, 0) is 25.7 Å². The van der Waals surface area contributed by atoms with Crippen LogP contribution in [0.4, 0.5) is 9.59 Å². The number of amides is 4. The topological polar surface area (TPSA) is 150 Å². The van der Waals surface area contributed by atoms with Crippen LogP contribution in [0.25, 0.3) is 0 Å². The van der Waals surface area contributed by atoms with Gasteiger partial charge in [-0.15, -0.1) is 0 Å². The van der Waals surface area contributed by atoms with Crippen LogP contribution in [0.15, 0.2) is 15.1 Å². The van der Waals surface area contributed by atoms with Crippen molar-refractivity contribution in [2.24, 2.45) is 15.1 Å². The number of hydrazone groups is 1. The Morgan fingerprint density at radius 2 is 1.29 bits per heavy atom. The van der Waals surface area contributed by atoms with Crippen LogP contribution in [-0.4, -0.2) is 61.4 Å². The SMILES string of the molecule is O=C=NCCCCCCNC(=O)N(CCCCCCN=C=O)C(=O)NN=C=O. The summed E-state index contributed by atoms with van der Waals surface area (Å²) in [7, 11) is 0. The first-order valence-electron chi connectivity index (χ1n) is 9.16. The van der Waals surface area contributed by atoms with Crippen LogP contribution >= 0.6 is 0 Å². The van der Waals surface area contributed by atoms with Gasteiger partial charge in [0.15, 0.2) is 0 Å². The second-order valence-electron chi connectivity index (χ2n) is 5.78. The Balaban J connectivity index is 4.24. The highest BCUT2D eigenvalue weighted by Crippen LogP contribution is 2.04. The molecule has 0 radical (unpaired) electrons. The molecule has 0 spiro atoms. The van der Waals surface area contributed by atoms with E-state index in [2.05, 4.69) is 20.4 Å². The number of carbonyl (C=O) groups excluding carboxylic acids is 5. The monoisotopic (exact) mass is 394 g/mol. The van der Waals surface area contributed by atoms with Crippen molar-refractivity contribution in [1.82, 2.24) is 15.6 Å². The number of isocyanates is 3. The Bertz CT molecular complexity index is 607. The highest BCUT2D eigenvalue weighted by Gasteiger charge is 2.20. The zero-order valence-corrected chi connectivity index (χ0v) is 15.8. The molecule has 0 saturated carbocycles. The molecule has 28 heavy (non-hydrogen) atoms. The van der Waals surface area contributed by atoms with E-state index in [9.17, 15) is 24.0 Å². The summed E-state index contributed by atoms with van der Waals surface area (Å²) in [5.74, 6) is 0. The molecule has 0 aliphatic rings. The summed E-state index contributed by atoms with van der Waals surface area (Å²) in [4.78, 5) is 62.1. The van der Waals surface area contributed by atoms with Gasteiger partial charge >= 0.3 is 12.1 Å². The summed E-state index contributed by atoms with van der Waals surface area (Å²) < 4.78 is 0. The zero-order valence-electron chi connectivity index (χ0n) is 15.8. The minimum absolute atomic E-state index is 0.159. The number of nitrogens with zero attached hydrogens (tertiary/aromatic N) is 4. The number of imide groups is 1. The average Bonchev–Trinajstić information content (AvgIpc) is 2.70. The molecule has 0 aliphatic carbocycles. The molecular formula is C17H26N6O5. The van der Waals surface area contributed by atoms with Crippen molar-refractivity contribution in [2.45, 2.75) is 51.4 Å². The minimum Gasteiger partial charge on any atom is -0.338 e. The molecular weight excluding hydrogens is 368 g/mol. The molecule has 4 amide bonds. The summed E-state index contributed by atoms with van der Waals surface area (Å²) in [5.41, 5.74) is 1.94. The predicted molar refractivity (Wildman–Crippen MR) is 99.7 cm³/mol. The zero-order chi connectivity index (χ0) is 20.9. The smallest absolute Gasteiger partial charge is 0.338 e. The molecule has 11 nitrogen and oxygen atoms in total. The van der Waals surface area contributed by atoms with Crippen LogP contribution in [-0.2, 0) is 14.4 Å². The van der Waals surface area contributed by atoms with E-state index in [-0.39, 0.29) is 6.54 Å². The van der Waals surface area contributed by atoms with E-state index in [4.69, 9.17) is 0 Å². The van der Waals surface area contributed by atoms with Crippen LogP contribution in [0.5, 0.6) is 0 Å². The van der Waals surface area contributed by atoms with E-state index in [0.29, 0.717) is 26.1 Å². The number of hydrogen-bond acceptors (Lipinski definition) is 8. The lowest BCUT2D eigenvalue weighted by Crippen LogP contribution is -2.48. The van der Waals surface area contributed by atoms with Crippen molar-refractivity contribution in [3.05, 3.63) is 0 Å². The summed E-state index contributed by atoms with van der Waals surface area (Å²) in [6, 6.07) is -1.38. The fourth-order valence-corrected chi connectivity index (χ4v) is 2.29. The number of rotatable bonds is 15. The van der Waals surface area contributed by atoms with E-state index in [1.807, 2.05) is 5.43 Å². The first kappa shape index (κ1) is 24.9. The Labute approximate surface area is 163 Å². The van der Waals surface area contributed by atoms with Crippen LogP contribution < -0.4 is 10.7 Å². The van der Waals surface area contributed by atoms with Crippen molar-refractivity contribution in [1.29, 1.82) is 0 Å².